The molecule has 0 atom stereocenters. The molecule has 0 bridgehead atoms. The quantitative estimate of drug-likeness (QED) is 0.842. The van der Waals surface area contributed by atoms with Crippen LogP contribution in [0.25, 0.3) is 0 Å². The molecule has 0 radical (unpaired) electrons. The van der Waals surface area contributed by atoms with Crippen molar-refractivity contribution in [3.8, 4) is 0 Å². The number of anilines is 2. The lowest BCUT2D eigenvalue weighted by Crippen LogP contribution is -1.99. The second kappa shape index (κ2) is 5.02. The summed E-state index contributed by atoms with van der Waals surface area (Å²) in [6.45, 7) is 3.97. The van der Waals surface area contributed by atoms with Crippen LogP contribution in [0.2, 0.25) is 5.28 Å². The Bertz CT molecular complexity index is 508. The number of hydrogen-bond acceptors (Lipinski definition) is 3. The second-order valence-electron chi connectivity index (χ2n) is 3.78. The van der Waals surface area contributed by atoms with Crippen molar-refractivity contribution < 1.29 is 0 Å². The van der Waals surface area contributed by atoms with Gasteiger partial charge in [0.25, 0.3) is 0 Å². The first-order valence-corrected chi connectivity index (χ1v) is 6.25. The minimum Gasteiger partial charge on any atom is -0.339 e. The van der Waals surface area contributed by atoms with E-state index in [0.717, 1.165) is 21.5 Å². The third-order valence-electron chi connectivity index (χ3n) is 2.32. The van der Waals surface area contributed by atoms with E-state index in [-0.39, 0.29) is 5.28 Å². The van der Waals surface area contributed by atoms with Crippen LogP contribution in [-0.2, 0) is 0 Å². The SMILES string of the molecule is Cc1ccc(Br)c(Nc2nc(Cl)ncc2C)c1. The summed E-state index contributed by atoms with van der Waals surface area (Å²) in [6, 6.07) is 6.07. The fourth-order valence-electron chi connectivity index (χ4n) is 1.41. The van der Waals surface area contributed by atoms with E-state index >= 15 is 0 Å². The zero-order chi connectivity index (χ0) is 12.4. The molecule has 2 rings (SSSR count). The molecule has 0 unspecified atom stereocenters. The van der Waals surface area contributed by atoms with Crippen LogP contribution in [0, 0.1) is 13.8 Å². The third-order valence-corrected chi connectivity index (χ3v) is 3.19. The van der Waals surface area contributed by atoms with E-state index in [1.165, 1.54) is 5.56 Å². The average Bonchev–Trinajstić information content (AvgIpc) is 2.28. The van der Waals surface area contributed by atoms with Gasteiger partial charge >= 0.3 is 0 Å². The number of aromatic nitrogens is 2. The number of nitrogens with zero attached hydrogens (tertiary/aromatic N) is 2. The Morgan fingerprint density at radius 3 is 2.82 bits per heavy atom. The van der Waals surface area contributed by atoms with Crippen LogP contribution < -0.4 is 5.32 Å². The zero-order valence-electron chi connectivity index (χ0n) is 9.46. The highest BCUT2D eigenvalue weighted by molar-refractivity contribution is 9.10. The van der Waals surface area contributed by atoms with E-state index in [9.17, 15) is 0 Å². The van der Waals surface area contributed by atoms with Crippen LogP contribution >= 0.6 is 27.5 Å². The Balaban J connectivity index is 2.37. The minimum absolute atomic E-state index is 0.238. The Labute approximate surface area is 113 Å². The summed E-state index contributed by atoms with van der Waals surface area (Å²) in [5.41, 5.74) is 3.08. The topological polar surface area (TPSA) is 37.8 Å². The molecule has 0 saturated heterocycles. The highest BCUT2D eigenvalue weighted by Crippen LogP contribution is 2.27. The molecule has 3 nitrogen and oxygen atoms in total. The smallest absolute Gasteiger partial charge is 0.224 e. The maximum atomic E-state index is 5.78. The monoisotopic (exact) mass is 311 g/mol. The largest absolute Gasteiger partial charge is 0.339 e. The average molecular weight is 313 g/mol. The summed E-state index contributed by atoms with van der Waals surface area (Å²) in [6.07, 6.45) is 1.70. The molecule has 0 aliphatic heterocycles. The lowest BCUT2D eigenvalue weighted by Gasteiger charge is -2.10. The van der Waals surface area contributed by atoms with Crippen molar-refractivity contribution in [2.75, 3.05) is 5.32 Å². The molecule has 2 aromatic rings. The summed E-state index contributed by atoms with van der Waals surface area (Å²) in [4.78, 5) is 8.08. The van der Waals surface area contributed by atoms with Gasteiger partial charge in [-0.15, -0.1) is 0 Å². The minimum atomic E-state index is 0.238. The van der Waals surface area contributed by atoms with Crippen LogP contribution in [0.15, 0.2) is 28.9 Å². The summed E-state index contributed by atoms with van der Waals surface area (Å²) in [5.74, 6) is 0.719. The van der Waals surface area contributed by atoms with Gasteiger partial charge < -0.3 is 5.32 Å². The van der Waals surface area contributed by atoms with Crippen molar-refractivity contribution >= 4 is 39.0 Å². The summed E-state index contributed by atoms with van der Waals surface area (Å²) >= 11 is 9.27. The molecule has 1 heterocycles. The van der Waals surface area contributed by atoms with Gasteiger partial charge in [-0.25, -0.2) is 9.97 Å². The van der Waals surface area contributed by atoms with E-state index in [4.69, 9.17) is 11.6 Å². The van der Waals surface area contributed by atoms with E-state index in [0.29, 0.717) is 0 Å². The molecule has 88 valence electrons. The van der Waals surface area contributed by atoms with E-state index in [2.05, 4.69) is 31.2 Å². The molecule has 5 heteroatoms. The lowest BCUT2D eigenvalue weighted by molar-refractivity contribution is 1.13. The van der Waals surface area contributed by atoms with E-state index in [1.807, 2.05) is 32.0 Å². The van der Waals surface area contributed by atoms with Crippen molar-refractivity contribution in [1.82, 2.24) is 9.97 Å². The highest BCUT2D eigenvalue weighted by Gasteiger charge is 2.05. The van der Waals surface area contributed by atoms with Gasteiger partial charge in [0.1, 0.15) is 5.82 Å². The molecule has 0 spiro atoms. The van der Waals surface area contributed by atoms with Gasteiger partial charge in [-0.3, -0.25) is 0 Å². The van der Waals surface area contributed by atoms with E-state index in [1.54, 1.807) is 6.20 Å². The predicted octanol–water partition coefficient (Wildman–Crippen LogP) is 4.25. The maximum absolute atomic E-state index is 5.78. The number of rotatable bonds is 2. The molecular weight excluding hydrogens is 302 g/mol. The van der Waals surface area contributed by atoms with Crippen LogP contribution in [0.1, 0.15) is 11.1 Å². The van der Waals surface area contributed by atoms with Crippen molar-refractivity contribution in [2.24, 2.45) is 0 Å². The van der Waals surface area contributed by atoms with Crippen LogP contribution in [0.5, 0.6) is 0 Å². The second-order valence-corrected chi connectivity index (χ2v) is 4.97. The van der Waals surface area contributed by atoms with Gasteiger partial charge in [-0.05, 0) is 59.1 Å². The molecular formula is C12H11BrClN3. The number of halogens is 2. The van der Waals surface area contributed by atoms with Gasteiger partial charge in [0.05, 0.1) is 5.69 Å². The highest BCUT2D eigenvalue weighted by atomic mass is 79.9. The van der Waals surface area contributed by atoms with Crippen molar-refractivity contribution in [2.45, 2.75) is 13.8 Å². The Kier molecular flexibility index (Phi) is 3.64. The van der Waals surface area contributed by atoms with Crippen LogP contribution in [-0.4, -0.2) is 9.97 Å². The maximum Gasteiger partial charge on any atom is 0.224 e. The molecule has 1 N–H and O–H groups in total. The third kappa shape index (κ3) is 2.96. The van der Waals surface area contributed by atoms with Gasteiger partial charge in [0.2, 0.25) is 5.28 Å². The van der Waals surface area contributed by atoms with E-state index < -0.39 is 0 Å². The molecule has 0 saturated carbocycles. The van der Waals surface area contributed by atoms with Crippen molar-refractivity contribution in [3.63, 3.8) is 0 Å². The van der Waals surface area contributed by atoms with Gasteiger partial charge in [0, 0.05) is 16.2 Å². The summed E-state index contributed by atoms with van der Waals surface area (Å²) < 4.78 is 0.984. The lowest BCUT2D eigenvalue weighted by atomic mass is 10.2. The number of aryl methyl sites for hydroxylation is 2. The summed E-state index contributed by atoms with van der Waals surface area (Å²) in [5, 5.41) is 3.48. The fraction of sp³-hybridized carbons (Fsp3) is 0.167. The first-order valence-electron chi connectivity index (χ1n) is 5.08. The van der Waals surface area contributed by atoms with Gasteiger partial charge in [-0.1, -0.05) is 6.07 Å². The molecule has 0 aliphatic rings. The molecule has 17 heavy (non-hydrogen) atoms. The predicted molar refractivity (Wildman–Crippen MR) is 73.9 cm³/mol. The van der Waals surface area contributed by atoms with Crippen LogP contribution in [0.3, 0.4) is 0 Å². The molecule has 1 aromatic carbocycles. The first-order chi connectivity index (χ1) is 8.06. The van der Waals surface area contributed by atoms with Gasteiger partial charge in [0.15, 0.2) is 0 Å². The normalized spacial score (nSPS) is 10.4. The number of benzene rings is 1. The Morgan fingerprint density at radius 1 is 1.29 bits per heavy atom. The number of hydrogen-bond donors (Lipinski definition) is 1. The number of nitrogens with one attached hydrogen (secondary N) is 1. The Morgan fingerprint density at radius 2 is 2.06 bits per heavy atom. The molecule has 1 aromatic heterocycles. The molecule has 0 aliphatic carbocycles. The summed E-state index contributed by atoms with van der Waals surface area (Å²) in [7, 11) is 0. The fourth-order valence-corrected chi connectivity index (χ4v) is 1.89. The van der Waals surface area contributed by atoms with Crippen LogP contribution in [0.4, 0.5) is 11.5 Å². The van der Waals surface area contributed by atoms with Crippen molar-refractivity contribution in [3.05, 3.63) is 45.3 Å². The standard InChI is InChI=1S/C12H11BrClN3/c1-7-3-4-9(13)10(5-7)16-11-8(2)6-15-12(14)17-11/h3-6H,1-2H3,(H,15,16,17). The van der Waals surface area contributed by atoms with Crippen molar-refractivity contribution in [1.29, 1.82) is 0 Å². The molecule has 0 fully saturated rings. The Hall–Kier alpha value is -1.13. The zero-order valence-corrected chi connectivity index (χ0v) is 11.8. The molecule has 0 amide bonds. The van der Waals surface area contributed by atoms with Gasteiger partial charge in [-0.2, -0.15) is 0 Å². The first kappa shape index (κ1) is 12.3.